The second-order valence-corrected chi connectivity index (χ2v) is 4.53. The summed E-state index contributed by atoms with van der Waals surface area (Å²) in [4.78, 5) is 11.3. The monoisotopic (exact) mass is 205 g/mol. The van der Waals surface area contributed by atoms with E-state index in [1.807, 2.05) is 4.68 Å². The minimum absolute atomic E-state index is 0.369. The first kappa shape index (κ1) is 8.95. The fraction of sp³-hybridized carbons (Fsp3) is 0.636. The lowest BCUT2D eigenvalue weighted by atomic mass is 9.95. The third-order valence-electron chi connectivity index (χ3n) is 3.79. The molecule has 0 saturated heterocycles. The lowest BCUT2D eigenvalue weighted by Crippen LogP contribution is -2.15. The Balaban J connectivity index is 2.21. The van der Waals surface area contributed by atoms with Crippen LogP contribution >= 0.6 is 0 Å². The van der Waals surface area contributed by atoms with Crippen molar-refractivity contribution < 1.29 is 4.79 Å². The molecule has 2 aliphatic rings. The summed E-state index contributed by atoms with van der Waals surface area (Å²) in [6, 6.07) is 0. The third kappa shape index (κ3) is 1.02. The summed E-state index contributed by atoms with van der Waals surface area (Å²) >= 11 is 0. The number of hydrogen-bond acceptors (Lipinski definition) is 2. The highest BCUT2D eigenvalue weighted by molar-refractivity contribution is 5.93. The highest BCUT2D eigenvalue weighted by Crippen LogP contribution is 2.53. The molecule has 1 aromatic heterocycles. The van der Waals surface area contributed by atoms with Gasteiger partial charge >= 0.3 is 0 Å². The molecule has 80 valence electrons. The van der Waals surface area contributed by atoms with Crippen molar-refractivity contribution in [2.24, 2.45) is 5.73 Å². The fourth-order valence-electron chi connectivity index (χ4n) is 3.24. The van der Waals surface area contributed by atoms with Gasteiger partial charge in [-0.1, -0.05) is 0 Å². The van der Waals surface area contributed by atoms with Crippen LogP contribution in [-0.2, 0) is 6.54 Å². The molecule has 0 radical (unpaired) electrons. The van der Waals surface area contributed by atoms with Crippen LogP contribution in [0.15, 0.2) is 0 Å². The number of nitrogens with zero attached hydrogens (tertiary/aromatic N) is 2. The van der Waals surface area contributed by atoms with E-state index in [9.17, 15) is 4.79 Å². The maximum Gasteiger partial charge on any atom is 0.269 e. The SMILES string of the molecule is CCn1nc(C(N)=O)c2c1C1CCC2C1. The van der Waals surface area contributed by atoms with Crippen molar-refractivity contribution in [2.75, 3.05) is 0 Å². The van der Waals surface area contributed by atoms with Crippen molar-refractivity contribution in [2.45, 2.75) is 44.6 Å². The number of primary amides is 1. The van der Waals surface area contributed by atoms with Gasteiger partial charge in [-0.15, -0.1) is 0 Å². The molecule has 2 bridgehead atoms. The van der Waals surface area contributed by atoms with Crippen LogP contribution in [0, 0.1) is 0 Å². The topological polar surface area (TPSA) is 60.9 Å². The van der Waals surface area contributed by atoms with Crippen LogP contribution in [0.4, 0.5) is 0 Å². The zero-order valence-corrected chi connectivity index (χ0v) is 8.86. The fourth-order valence-corrected chi connectivity index (χ4v) is 3.24. The maximum absolute atomic E-state index is 11.3. The number of aromatic nitrogens is 2. The molecule has 1 aromatic rings. The molecule has 15 heavy (non-hydrogen) atoms. The Hall–Kier alpha value is -1.32. The van der Waals surface area contributed by atoms with E-state index in [-0.39, 0.29) is 5.91 Å². The van der Waals surface area contributed by atoms with Crippen LogP contribution in [0.3, 0.4) is 0 Å². The number of rotatable bonds is 2. The molecule has 1 fully saturated rings. The number of hydrogen-bond donors (Lipinski definition) is 1. The summed E-state index contributed by atoms with van der Waals surface area (Å²) in [6.45, 7) is 2.89. The minimum Gasteiger partial charge on any atom is -0.364 e. The molecule has 2 atom stereocenters. The third-order valence-corrected chi connectivity index (χ3v) is 3.79. The lowest BCUT2D eigenvalue weighted by Gasteiger charge is -2.12. The van der Waals surface area contributed by atoms with Crippen LogP contribution in [0.5, 0.6) is 0 Å². The molecule has 4 nitrogen and oxygen atoms in total. The second-order valence-electron chi connectivity index (χ2n) is 4.53. The zero-order chi connectivity index (χ0) is 10.6. The van der Waals surface area contributed by atoms with Crippen molar-refractivity contribution in [3.63, 3.8) is 0 Å². The van der Waals surface area contributed by atoms with Crippen molar-refractivity contribution in [3.05, 3.63) is 17.0 Å². The van der Waals surface area contributed by atoms with E-state index >= 15 is 0 Å². The van der Waals surface area contributed by atoms with Gasteiger partial charge in [0, 0.05) is 23.7 Å². The first-order valence-corrected chi connectivity index (χ1v) is 5.62. The second kappa shape index (κ2) is 2.84. The van der Waals surface area contributed by atoms with Crippen molar-refractivity contribution in [1.29, 1.82) is 0 Å². The minimum atomic E-state index is -0.369. The van der Waals surface area contributed by atoms with Crippen LogP contribution in [0.1, 0.15) is 59.8 Å². The predicted molar refractivity (Wildman–Crippen MR) is 55.8 cm³/mol. The van der Waals surface area contributed by atoms with Crippen LogP contribution < -0.4 is 5.73 Å². The highest BCUT2D eigenvalue weighted by Gasteiger charge is 2.43. The first-order valence-electron chi connectivity index (χ1n) is 5.62. The molecule has 1 amide bonds. The molecule has 1 saturated carbocycles. The van der Waals surface area contributed by atoms with Gasteiger partial charge in [-0.25, -0.2) is 0 Å². The molecule has 0 aliphatic heterocycles. The Kier molecular flexibility index (Phi) is 1.69. The molecule has 1 heterocycles. The van der Waals surface area contributed by atoms with E-state index in [2.05, 4.69) is 12.0 Å². The van der Waals surface area contributed by atoms with Gasteiger partial charge in [-0.05, 0) is 32.1 Å². The Bertz CT molecular complexity index is 435. The van der Waals surface area contributed by atoms with Gasteiger partial charge in [-0.3, -0.25) is 9.48 Å². The molecule has 0 aromatic carbocycles. The normalized spacial score (nSPS) is 27.0. The van der Waals surface area contributed by atoms with E-state index in [4.69, 9.17) is 5.73 Å². The largest absolute Gasteiger partial charge is 0.364 e. The molecule has 0 spiro atoms. The molecular formula is C11H15N3O. The van der Waals surface area contributed by atoms with E-state index < -0.39 is 0 Å². The van der Waals surface area contributed by atoms with Gasteiger partial charge in [0.05, 0.1) is 0 Å². The summed E-state index contributed by atoms with van der Waals surface area (Å²) < 4.78 is 1.97. The van der Waals surface area contributed by atoms with Gasteiger partial charge < -0.3 is 5.73 Å². The molecule has 2 unspecified atom stereocenters. The van der Waals surface area contributed by atoms with E-state index in [1.165, 1.54) is 30.5 Å². The van der Waals surface area contributed by atoms with Gasteiger partial charge in [0.15, 0.2) is 5.69 Å². The number of fused-ring (bicyclic) bond motifs is 5. The summed E-state index contributed by atoms with van der Waals surface area (Å²) in [5.41, 5.74) is 8.36. The van der Waals surface area contributed by atoms with Crippen LogP contribution in [0.2, 0.25) is 0 Å². The zero-order valence-electron chi connectivity index (χ0n) is 8.86. The molecule has 2 N–H and O–H groups in total. The number of carbonyl (C=O) groups excluding carboxylic acids is 1. The van der Waals surface area contributed by atoms with E-state index in [0.29, 0.717) is 17.5 Å². The average Bonchev–Trinajstić information content (AvgIpc) is 2.88. The Labute approximate surface area is 88.4 Å². The Morgan fingerprint density at radius 3 is 2.93 bits per heavy atom. The number of aryl methyl sites for hydroxylation is 1. The molecule has 3 rings (SSSR count). The number of nitrogens with two attached hydrogens (primary N) is 1. The van der Waals surface area contributed by atoms with Crippen molar-refractivity contribution in [3.8, 4) is 0 Å². The standard InChI is InChI=1S/C11H15N3O/c1-2-14-10-7-4-3-6(5-7)8(10)9(13-14)11(12)15/h6-7H,2-5H2,1H3,(H2,12,15). The van der Waals surface area contributed by atoms with Crippen molar-refractivity contribution >= 4 is 5.91 Å². The highest BCUT2D eigenvalue weighted by atomic mass is 16.1. The smallest absolute Gasteiger partial charge is 0.269 e. The number of amides is 1. The summed E-state index contributed by atoms with van der Waals surface area (Å²) in [5, 5.41) is 4.33. The Morgan fingerprint density at radius 2 is 2.27 bits per heavy atom. The molecule has 4 heteroatoms. The van der Waals surface area contributed by atoms with Gasteiger partial charge in [0.1, 0.15) is 0 Å². The van der Waals surface area contributed by atoms with E-state index in [0.717, 1.165) is 6.54 Å². The van der Waals surface area contributed by atoms with Gasteiger partial charge in [-0.2, -0.15) is 5.10 Å². The lowest BCUT2D eigenvalue weighted by molar-refractivity contribution is 0.0993. The van der Waals surface area contributed by atoms with Gasteiger partial charge in [0.25, 0.3) is 5.91 Å². The molecule has 2 aliphatic carbocycles. The quantitative estimate of drug-likeness (QED) is 0.792. The van der Waals surface area contributed by atoms with E-state index in [1.54, 1.807) is 0 Å². The summed E-state index contributed by atoms with van der Waals surface area (Å²) in [6.07, 6.45) is 3.66. The molecular weight excluding hydrogens is 190 g/mol. The first-order chi connectivity index (χ1) is 7.22. The van der Waals surface area contributed by atoms with Crippen LogP contribution in [0.25, 0.3) is 0 Å². The Morgan fingerprint density at radius 1 is 1.53 bits per heavy atom. The van der Waals surface area contributed by atoms with Crippen molar-refractivity contribution in [1.82, 2.24) is 9.78 Å². The van der Waals surface area contributed by atoms with Gasteiger partial charge in [0.2, 0.25) is 0 Å². The predicted octanol–water partition coefficient (Wildman–Crippen LogP) is 1.37. The van der Waals surface area contributed by atoms with Crippen LogP contribution in [-0.4, -0.2) is 15.7 Å². The maximum atomic E-state index is 11.3. The summed E-state index contributed by atoms with van der Waals surface area (Å²) in [5.74, 6) is 0.810. The average molecular weight is 205 g/mol. The summed E-state index contributed by atoms with van der Waals surface area (Å²) in [7, 11) is 0. The number of carbonyl (C=O) groups is 1.